The summed E-state index contributed by atoms with van der Waals surface area (Å²) in [5.41, 5.74) is 13.3. The molecular formula is C7H17ClN4. The Hall–Kier alpha value is -0.640. The summed E-state index contributed by atoms with van der Waals surface area (Å²) in [7, 11) is 0. The van der Waals surface area contributed by atoms with Gasteiger partial charge in [-0.1, -0.05) is 19.3 Å². The van der Waals surface area contributed by atoms with E-state index in [0.29, 0.717) is 6.04 Å². The van der Waals surface area contributed by atoms with Crippen LogP contribution in [0.3, 0.4) is 0 Å². The number of rotatable bonds is 2. The molecule has 0 bridgehead atoms. The summed E-state index contributed by atoms with van der Waals surface area (Å²) in [6.45, 7) is 0. The van der Waals surface area contributed by atoms with Gasteiger partial charge in [-0.05, 0) is 12.8 Å². The zero-order valence-electron chi connectivity index (χ0n) is 7.12. The van der Waals surface area contributed by atoms with Crippen LogP contribution in [0, 0.1) is 0 Å². The molecule has 0 aliphatic heterocycles. The molecule has 0 aromatic carbocycles. The number of nitrogens with one attached hydrogen (secondary N) is 1. The van der Waals surface area contributed by atoms with E-state index in [2.05, 4.69) is 10.5 Å². The van der Waals surface area contributed by atoms with Crippen molar-refractivity contribution in [3.63, 3.8) is 0 Å². The number of hydrogen-bond donors (Lipinski definition) is 3. The Labute approximate surface area is 79.2 Å². The number of nitrogens with two attached hydrogens (primary N) is 2. The van der Waals surface area contributed by atoms with Gasteiger partial charge in [0.15, 0.2) is 0 Å². The van der Waals surface area contributed by atoms with Crippen LogP contribution in [-0.2, 0) is 0 Å². The topological polar surface area (TPSA) is 76.4 Å². The van der Waals surface area contributed by atoms with Crippen molar-refractivity contribution in [2.24, 2.45) is 16.6 Å². The van der Waals surface area contributed by atoms with Crippen LogP contribution in [0.15, 0.2) is 5.10 Å². The van der Waals surface area contributed by atoms with Crippen molar-refractivity contribution in [3.05, 3.63) is 0 Å². The van der Waals surface area contributed by atoms with E-state index in [4.69, 9.17) is 11.5 Å². The molecule has 12 heavy (non-hydrogen) atoms. The molecular weight excluding hydrogens is 176 g/mol. The first kappa shape index (κ1) is 11.4. The van der Waals surface area contributed by atoms with Gasteiger partial charge in [0.1, 0.15) is 0 Å². The van der Waals surface area contributed by atoms with E-state index in [9.17, 15) is 0 Å². The second-order valence-corrected chi connectivity index (χ2v) is 3.00. The summed E-state index contributed by atoms with van der Waals surface area (Å²) >= 11 is 0. The van der Waals surface area contributed by atoms with Crippen molar-refractivity contribution >= 4 is 18.4 Å². The number of hydrazone groups is 1. The van der Waals surface area contributed by atoms with Gasteiger partial charge in [-0.3, -0.25) is 0 Å². The summed E-state index contributed by atoms with van der Waals surface area (Å²) in [4.78, 5) is 0. The molecule has 1 aliphatic rings. The van der Waals surface area contributed by atoms with E-state index in [0.717, 1.165) is 0 Å². The monoisotopic (exact) mass is 192 g/mol. The maximum absolute atomic E-state index is 5.17. The highest BCUT2D eigenvalue weighted by atomic mass is 35.5. The molecule has 72 valence electrons. The molecule has 1 aliphatic carbocycles. The summed E-state index contributed by atoms with van der Waals surface area (Å²) in [6.07, 6.45) is 6.31. The third kappa shape index (κ3) is 4.28. The Morgan fingerprint density at radius 2 is 1.75 bits per heavy atom. The molecule has 0 spiro atoms. The summed E-state index contributed by atoms with van der Waals surface area (Å²) in [5.74, 6) is 0.121. The van der Waals surface area contributed by atoms with Crippen molar-refractivity contribution in [2.75, 3.05) is 0 Å². The fraction of sp³-hybridized carbons (Fsp3) is 0.857. The lowest BCUT2D eigenvalue weighted by atomic mass is 9.96. The standard InChI is InChI=1S/C7H16N4.ClH/c8-7(9)11-10-6-4-2-1-3-5-6;/h6,10H,1-5H2,(H4,8,9,11);1H. The van der Waals surface area contributed by atoms with Crippen LogP contribution in [0.4, 0.5) is 0 Å². The van der Waals surface area contributed by atoms with E-state index in [1.807, 2.05) is 0 Å². The van der Waals surface area contributed by atoms with E-state index in [1.165, 1.54) is 32.1 Å². The second-order valence-electron chi connectivity index (χ2n) is 3.00. The average Bonchev–Trinajstić information content (AvgIpc) is 2.03. The Morgan fingerprint density at radius 1 is 1.17 bits per heavy atom. The van der Waals surface area contributed by atoms with Gasteiger partial charge in [-0.2, -0.15) is 0 Å². The number of nitrogens with zero attached hydrogens (tertiary/aromatic N) is 1. The molecule has 1 fully saturated rings. The van der Waals surface area contributed by atoms with Crippen LogP contribution < -0.4 is 16.9 Å². The minimum Gasteiger partial charge on any atom is -0.369 e. The molecule has 0 radical (unpaired) electrons. The maximum atomic E-state index is 5.17. The lowest BCUT2D eigenvalue weighted by Gasteiger charge is -2.20. The Bertz CT molecular complexity index is 138. The minimum absolute atomic E-state index is 0. The zero-order valence-corrected chi connectivity index (χ0v) is 7.94. The Morgan fingerprint density at radius 3 is 2.25 bits per heavy atom. The van der Waals surface area contributed by atoms with Crippen molar-refractivity contribution in [3.8, 4) is 0 Å². The van der Waals surface area contributed by atoms with Gasteiger partial charge in [0.05, 0.1) is 0 Å². The lowest BCUT2D eigenvalue weighted by molar-refractivity contribution is 0.380. The minimum atomic E-state index is 0. The van der Waals surface area contributed by atoms with Gasteiger partial charge in [-0.15, -0.1) is 17.5 Å². The fourth-order valence-electron chi connectivity index (χ4n) is 1.40. The molecule has 4 nitrogen and oxygen atoms in total. The van der Waals surface area contributed by atoms with Crippen LogP contribution in [0.25, 0.3) is 0 Å². The molecule has 5 N–H and O–H groups in total. The van der Waals surface area contributed by atoms with E-state index < -0.39 is 0 Å². The highest BCUT2D eigenvalue weighted by molar-refractivity contribution is 5.85. The second kappa shape index (κ2) is 5.94. The molecule has 1 rings (SSSR count). The van der Waals surface area contributed by atoms with Crippen LogP contribution >= 0.6 is 12.4 Å². The molecule has 0 saturated heterocycles. The van der Waals surface area contributed by atoms with Crippen LogP contribution in [0.1, 0.15) is 32.1 Å². The molecule has 1 saturated carbocycles. The third-order valence-corrected chi connectivity index (χ3v) is 1.98. The van der Waals surface area contributed by atoms with E-state index in [-0.39, 0.29) is 18.4 Å². The molecule has 0 heterocycles. The zero-order chi connectivity index (χ0) is 8.10. The molecule has 0 atom stereocenters. The van der Waals surface area contributed by atoms with Crippen LogP contribution in [-0.4, -0.2) is 12.0 Å². The average molecular weight is 193 g/mol. The SMILES string of the molecule is Cl.NC(N)=NNC1CCCCC1. The van der Waals surface area contributed by atoms with Crippen molar-refractivity contribution < 1.29 is 0 Å². The normalized spacial score (nSPS) is 17.7. The first-order valence-electron chi connectivity index (χ1n) is 4.13. The summed E-state index contributed by atoms with van der Waals surface area (Å²) in [6, 6.07) is 0.492. The largest absolute Gasteiger partial charge is 0.369 e. The number of hydrogen-bond acceptors (Lipinski definition) is 2. The van der Waals surface area contributed by atoms with Gasteiger partial charge in [-0.25, -0.2) is 0 Å². The van der Waals surface area contributed by atoms with Crippen molar-refractivity contribution in [1.82, 2.24) is 5.43 Å². The van der Waals surface area contributed by atoms with E-state index in [1.54, 1.807) is 0 Å². The quantitative estimate of drug-likeness (QED) is 0.339. The predicted octanol–water partition coefficient (Wildman–Crippen LogP) is 0.519. The van der Waals surface area contributed by atoms with Gasteiger partial charge in [0.25, 0.3) is 0 Å². The molecule has 0 unspecified atom stereocenters. The molecule has 0 amide bonds. The van der Waals surface area contributed by atoms with Gasteiger partial charge in [0, 0.05) is 6.04 Å². The van der Waals surface area contributed by atoms with Crippen LogP contribution in [0.2, 0.25) is 0 Å². The smallest absolute Gasteiger partial charge is 0.208 e. The molecule has 0 aromatic heterocycles. The number of guanidine groups is 1. The third-order valence-electron chi connectivity index (χ3n) is 1.98. The maximum Gasteiger partial charge on any atom is 0.208 e. The van der Waals surface area contributed by atoms with Gasteiger partial charge < -0.3 is 16.9 Å². The fourth-order valence-corrected chi connectivity index (χ4v) is 1.40. The first-order chi connectivity index (χ1) is 5.29. The molecule has 5 heteroatoms. The highest BCUT2D eigenvalue weighted by Crippen LogP contribution is 2.16. The molecule has 0 aromatic rings. The van der Waals surface area contributed by atoms with Crippen LogP contribution in [0.5, 0.6) is 0 Å². The summed E-state index contributed by atoms with van der Waals surface area (Å²) in [5, 5.41) is 3.77. The Kier molecular flexibility index (Phi) is 5.62. The first-order valence-corrected chi connectivity index (χ1v) is 4.13. The summed E-state index contributed by atoms with van der Waals surface area (Å²) < 4.78 is 0. The lowest BCUT2D eigenvalue weighted by Crippen LogP contribution is -2.32. The van der Waals surface area contributed by atoms with Gasteiger partial charge >= 0.3 is 0 Å². The predicted molar refractivity (Wildman–Crippen MR) is 53.1 cm³/mol. The van der Waals surface area contributed by atoms with Crippen molar-refractivity contribution in [2.45, 2.75) is 38.1 Å². The Balaban J connectivity index is 0.00000121. The number of halogens is 1. The van der Waals surface area contributed by atoms with Crippen molar-refractivity contribution in [1.29, 1.82) is 0 Å². The van der Waals surface area contributed by atoms with Gasteiger partial charge in [0.2, 0.25) is 5.96 Å². The van der Waals surface area contributed by atoms with E-state index >= 15 is 0 Å². The highest BCUT2D eigenvalue weighted by Gasteiger charge is 2.11.